The van der Waals surface area contributed by atoms with Crippen LogP contribution in [0.4, 0.5) is 13.2 Å². The van der Waals surface area contributed by atoms with Crippen molar-refractivity contribution in [1.29, 1.82) is 0 Å². The van der Waals surface area contributed by atoms with Gasteiger partial charge in [-0.1, -0.05) is 23.7 Å². The Labute approximate surface area is 194 Å². The van der Waals surface area contributed by atoms with E-state index in [0.29, 0.717) is 35.0 Å². The number of aromatic nitrogens is 2. The second-order valence-electron chi connectivity index (χ2n) is 8.86. The Morgan fingerprint density at radius 3 is 2.78 bits per heavy atom. The van der Waals surface area contributed by atoms with Gasteiger partial charge in [-0.05, 0) is 44.4 Å². The molecule has 1 spiro atoms. The number of thioether (sulfide) groups is 1. The molecule has 0 bridgehead atoms. The summed E-state index contributed by atoms with van der Waals surface area (Å²) in [6.45, 7) is 7.35. The van der Waals surface area contributed by atoms with E-state index in [4.69, 9.17) is 16.3 Å². The standard InChI is InChI=1S/C23H24ClF3N3OS/c1-14-4-3-5-18(25)20(14)30-12-16(15(2)28-30)11-29-8-6-22(7-9-29)21-17(10-19(24)32-21)23(26,27)13-31-22/h3-5,10,12,17,21H,1,6-9,11,13H2,2H3. The number of aryl methyl sites for hydroxylation is 1. The van der Waals surface area contributed by atoms with E-state index in [-0.39, 0.29) is 11.1 Å². The maximum atomic E-state index is 14.4. The molecule has 32 heavy (non-hydrogen) atoms. The first-order valence-electron chi connectivity index (χ1n) is 10.6. The van der Waals surface area contributed by atoms with Crippen molar-refractivity contribution in [3.63, 3.8) is 0 Å². The van der Waals surface area contributed by atoms with Crippen molar-refractivity contribution in [3.8, 4) is 5.69 Å². The molecule has 1 aromatic heterocycles. The Kier molecular flexibility index (Phi) is 5.63. The van der Waals surface area contributed by atoms with Crippen LogP contribution in [0.5, 0.6) is 0 Å². The average Bonchev–Trinajstić information content (AvgIpc) is 3.31. The lowest BCUT2D eigenvalue weighted by Crippen LogP contribution is -2.61. The average molecular weight is 483 g/mol. The molecular weight excluding hydrogens is 459 g/mol. The first kappa shape index (κ1) is 22.3. The predicted molar refractivity (Wildman–Crippen MR) is 120 cm³/mol. The second kappa shape index (κ2) is 8.08. The van der Waals surface area contributed by atoms with Crippen molar-refractivity contribution in [1.82, 2.24) is 14.7 Å². The number of hydrogen-bond acceptors (Lipinski definition) is 4. The third kappa shape index (κ3) is 3.79. The molecule has 0 saturated carbocycles. The van der Waals surface area contributed by atoms with E-state index in [0.717, 1.165) is 24.3 Å². The molecule has 3 aliphatic heterocycles. The number of nitrogens with zero attached hydrogens (tertiary/aromatic N) is 3. The zero-order chi connectivity index (χ0) is 22.7. The number of para-hydroxylation sites is 1. The Bertz CT molecular complexity index is 1040. The molecule has 4 nitrogen and oxygen atoms in total. The van der Waals surface area contributed by atoms with Crippen LogP contribution < -0.4 is 0 Å². The number of hydrogen-bond donors (Lipinski definition) is 0. The third-order valence-electron chi connectivity index (χ3n) is 6.83. The molecule has 5 rings (SSSR count). The Morgan fingerprint density at radius 1 is 1.31 bits per heavy atom. The minimum absolute atomic E-state index is 0.352. The summed E-state index contributed by atoms with van der Waals surface area (Å²) in [4.78, 5) is 2.27. The summed E-state index contributed by atoms with van der Waals surface area (Å²) >= 11 is 7.45. The Morgan fingerprint density at radius 2 is 2.06 bits per heavy atom. The van der Waals surface area contributed by atoms with E-state index in [9.17, 15) is 13.2 Å². The minimum atomic E-state index is -2.89. The smallest absolute Gasteiger partial charge is 0.278 e. The van der Waals surface area contributed by atoms with E-state index in [2.05, 4.69) is 16.9 Å². The number of ether oxygens (including phenoxy) is 1. The summed E-state index contributed by atoms with van der Waals surface area (Å²) in [5.74, 6) is -4.13. The van der Waals surface area contributed by atoms with Gasteiger partial charge in [0.2, 0.25) is 0 Å². The number of alkyl halides is 2. The SMILES string of the molecule is [CH2]c1cccc(F)c1-n1cc(CN2CCC3(CC2)OCC(F)(F)C2C=C(Cl)SC23)c(C)n1. The van der Waals surface area contributed by atoms with Crippen LogP contribution in [0.15, 0.2) is 34.8 Å². The molecule has 2 unspecified atom stereocenters. The summed E-state index contributed by atoms with van der Waals surface area (Å²) < 4.78 is 50.9. The molecule has 2 fully saturated rings. The van der Waals surface area contributed by atoms with E-state index >= 15 is 0 Å². The Balaban J connectivity index is 1.29. The molecule has 2 saturated heterocycles. The lowest BCUT2D eigenvalue weighted by Gasteiger charge is -2.51. The van der Waals surface area contributed by atoms with Crippen molar-refractivity contribution in [2.75, 3.05) is 19.7 Å². The molecular formula is C23H24ClF3N3OS. The lowest BCUT2D eigenvalue weighted by molar-refractivity contribution is -0.215. The summed E-state index contributed by atoms with van der Waals surface area (Å²) in [6.07, 6.45) is 4.68. The molecule has 171 valence electrons. The summed E-state index contributed by atoms with van der Waals surface area (Å²) in [7, 11) is 0. The van der Waals surface area contributed by atoms with Gasteiger partial charge in [-0.3, -0.25) is 4.90 Å². The van der Waals surface area contributed by atoms with Gasteiger partial charge in [0.25, 0.3) is 5.92 Å². The van der Waals surface area contributed by atoms with E-state index < -0.39 is 24.0 Å². The molecule has 2 aromatic rings. The summed E-state index contributed by atoms with van der Waals surface area (Å²) in [5, 5.41) is 4.14. The highest BCUT2D eigenvalue weighted by molar-refractivity contribution is 8.05. The van der Waals surface area contributed by atoms with Crippen molar-refractivity contribution >= 4 is 23.4 Å². The van der Waals surface area contributed by atoms with Gasteiger partial charge < -0.3 is 4.74 Å². The fourth-order valence-corrected chi connectivity index (χ4v) is 6.83. The van der Waals surface area contributed by atoms with Crippen molar-refractivity contribution < 1.29 is 17.9 Å². The number of halogens is 4. The number of fused-ring (bicyclic) bond motifs is 2. The largest absolute Gasteiger partial charge is 0.367 e. The van der Waals surface area contributed by atoms with Gasteiger partial charge in [0.05, 0.1) is 26.8 Å². The molecule has 1 radical (unpaired) electrons. The van der Waals surface area contributed by atoms with Gasteiger partial charge in [-0.15, -0.1) is 11.8 Å². The summed E-state index contributed by atoms with van der Waals surface area (Å²) in [6, 6.07) is 4.78. The maximum absolute atomic E-state index is 14.4. The van der Waals surface area contributed by atoms with Gasteiger partial charge in [-0.25, -0.2) is 17.9 Å². The number of benzene rings is 1. The molecule has 0 aliphatic carbocycles. The fraction of sp³-hybridized carbons (Fsp3) is 0.478. The fourth-order valence-electron chi connectivity index (χ4n) is 5.00. The van der Waals surface area contributed by atoms with Crippen LogP contribution in [0, 0.1) is 25.6 Å². The summed E-state index contributed by atoms with van der Waals surface area (Å²) in [5.41, 5.74) is 2.16. The van der Waals surface area contributed by atoms with Crippen LogP contribution in [0.2, 0.25) is 0 Å². The zero-order valence-corrected chi connectivity index (χ0v) is 19.2. The predicted octanol–water partition coefficient (Wildman–Crippen LogP) is 5.31. The van der Waals surface area contributed by atoms with Crippen LogP contribution in [0.1, 0.15) is 29.7 Å². The van der Waals surface area contributed by atoms with Crippen LogP contribution in [0.25, 0.3) is 5.69 Å². The van der Waals surface area contributed by atoms with E-state index in [1.165, 1.54) is 23.9 Å². The first-order valence-corrected chi connectivity index (χ1v) is 11.9. The Hall–Kier alpha value is -1.48. The van der Waals surface area contributed by atoms with E-state index in [1.54, 1.807) is 16.8 Å². The van der Waals surface area contributed by atoms with Crippen LogP contribution >= 0.6 is 23.4 Å². The van der Waals surface area contributed by atoms with Gasteiger partial charge >= 0.3 is 0 Å². The van der Waals surface area contributed by atoms with Crippen molar-refractivity contribution in [2.45, 2.75) is 43.1 Å². The molecule has 0 N–H and O–H groups in total. The quantitative estimate of drug-likeness (QED) is 0.593. The number of rotatable bonds is 3. The molecule has 4 heterocycles. The topological polar surface area (TPSA) is 30.3 Å². The molecule has 3 aliphatic rings. The lowest BCUT2D eigenvalue weighted by atomic mass is 9.77. The van der Waals surface area contributed by atoms with Gasteiger partial charge in [0, 0.05) is 31.4 Å². The number of allylic oxidation sites excluding steroid dienone is 1. The van der Waals surface area contributed by atoms with Gasteiger partial charge in [0.15, 0.2) is 0 Å². The van der Waals surface area contributed by atoms with E-state index in [1.807, 2.05) is 13.1 Å². The van der Waals surface area contributed by atoms with Gasteiger partial charge in [0.1, 0.15) is 18.1 Å². The molecule has 1 aromatic carbocycles. The second-order valence-corrected chi connectivity index (χ2v) is 10.7. The van der Waals surface area contributed by atoms with Crippen LogP contribution in [-0.2, 0) is 11.3 Å². The van der Waals surface area contributed by atoms with Crippen molar-refractivity contribution in [2.24, 2.45) is 5.92 Å². The monoisotopic (exact) mass is 482 g/mol. The maximum Gasteiger partial charge on any atom is 0.278 e. The molecule has 2 atom stereocenters. The minimum Gasteiger partial charge on any atom is -0.367 e. The first-order chi connectivity index (χ1) is 15.2. The van der Waals surface area contributed by atoms with Crippen LogP contribution in [-0.4, -0.2) is 51.2 Å². The highest BCUT2D eigenvalue weighted by Gasteiger charge is 2.60. The highest BCUT2D eigenvalue weighted by atomic mass is 35.5. The number of likely N-dealkylation sites (tertiary alicyclic amines) is 1. The zero-order valence-electron chi connectivity index (χ0n) is 17.7. The van der Waals surface area contributed by atoms with Crippen molar-refractivity contribution in [3.05, 3.63) is 64.4 Å². The third-order valence-corrected chi connectivity index (χ3v) is 8.56. The highest BCUT2D eigenvalue weighted by Crippen LogP contribution is 2.56. The number of piperidine rings is 1. The molecule has 9 heteroatoms. The molecule has 0 amide bonds. The van der Waals surface area contributed by atoms with Gasteiger partial charge in [-0.2, -0.15) is 5.10 Å². The van der Waals surface area contributed by atoms with Crippen LogP contribution in [0.3, 0.4) is 0 Å². The normalized spacial score (nSPS) is 26.9.